The zero-order valence-electron chi connectivity index (χ0n) is 56.0. The topological polar surface area (TPSA) is 664 Å². The molecule has 5 saturated heterocycles. The number of carbonyl (C=O) groups excluding carboxylic acids is 4. The lowest BCUT2D eigenvalue weighted by Gasteiger charge is -2.52. The van der Waals surface area contributed by atoms with Crippen LogP contribution in [0.5, 0.6) is 0 Å². The van der Waals surface area contributed by atoms with Gasteiger partial charge in [-0.05, 0) is 82.0 Å². The molecular weight excluding hydrogens is 1420 g/mol. The van der Waals surface area contributed by atoms with Crippen molar-refractivity contribution < 1.29 is 202 Å². The highest BCUT2D eigenvalue weighted by atomic mass is 16.8. The molecule has 0 radical (unpaired) electrons. The van der Waals surface area contributed by atoms with E-state index < -0.39 is 288 Å². The number of rotatable bonds is 26. The van der Waals surface area contributed by atoms with E-state index in [1.165, 1.54) is 12.2 Å². The molecule has 5 heterocycles. The van der Waals surface area contributed by atoms with E-state index in [4.69, 9.17) is 61.9 Å². The van der Waals surface area contributed by atoms with Crippen molar-refractivity contribution >= 4 is 41.8 Å². The molecule has 596 valence electrons. The molecule has 9 aliphatic rings. The molecule has 0 bridgehead atoms. The lowest BCUT2D eigenvalue weighted by molar-refractivity contribution is -0.379. The summed E-state index contributed by atoms with van der Waals surface area (Å²) in [5, 5.41) is 224. The third-order valence-corrected chi connectivity index (χ3v) is 20.7. The monoisotopic (exact) mass is 1520 g/mol. The second-order valence-corrected chi connectivity index (χ2v) is 28.0. The zero-order valence-corrected chi connectivity index (χ0v) is 56.0. The van der Waals surface area contributed by atoms with Gasteiger partial charge in [0.25, 0.3) is 0 Å². The molecule has 0 aromatic heterocycles. The predicted molar refractivity (Wildman–Crippen MR) is 329 cm³/mol. The quantitative estimate of drug-likeness (QED) is 0.0165. The summed E-state index contributed by atoms with van der Waals surface area (Å²) < 4.78 is 75.9. The lowest BCUT2D eigenvalue weighted by atomic mass is 9.72. The Bertz CT molecular complexity index is 2980. The van der Waals surface area contributed by atoms with Crippen molar-refractivity contribution in [1.29, 1.82) is 0 Å². The molecule has 37 atom stereocenters. The van der Waals surface area contributed by atoms with Gasteiger partial charge in [-0.15, -0.1) is 0 Å². The summed E-state index contributed by atoms with van der Waals surface area (Å²) in [4.78, 5) is 87.4. The molecule has 41 nitrogen and oxygen atoms in total. The number of carboxylic acid groups (broad SMARTS) is 3. The summed E-state index contributed by atoms with van der Waals surface area (Å²) in [5.74, 6) is -14.2. The standard InChI is InChI=1S/C64H94O41/c65-18-35-42(76)47(81)56(102-39(73)10-4-22-2-7-27(67)31(71)12-22)64(99-35)105-57-48(82)44(78)37(20-94-40(74)17-41(75)103-55(60(91)92)52(86)58(87)88)101-63(57)98-34-16-25-29(69)14-24(95-61-50(84)45(79)43(77)36(100-61)19-93-38(72)9-3-21-1-6-26(66)30(70)11-21)15-32(25)96-53(34)23-5-8-28(68)33(13-23)97-62-51(85)46(80)49(83)54(104-62)59(89)90/h3-4,9-10,21-37,42-57,61-71,76-86H,1-2,5-8,11-20H2,(H,87,88)(H,89,90)(H,91,92)/t21?,22?,23?,24?,25?,26?,27?,28?,29?,30?,31?,32?,33?,34?,35-,36-,37-,42-,43-,44-,45+,46+,47+,48+,49+,50-,51-,52+,53?,54+,55-,56-,57-,61-,62-,63-,64+/m0/s1. The molecule has 41 heteroatoms. The Kier molecular flexibility index (Phi) is 29.4. The van der Waals surface area contributed by atoms with Gasteiger partial charge in [-0.25, -0.2) is 24.0 Å². The van der Waals surface area contributed by atoms with E-state index in [0.717, 1.165) is 12.2 Å². The molecule has 9 fully saturated rings. The molecule has 9 rings (SSSR count). The molecule has 0 aromatic carbocycles. The average Bonchev–Trinajstić information content (AvgIpc) is 0.760. The first kappa shape index (κ1) is 83.7. The van der Waals surface area contributed by atoms with E-state index >= 15 is 0 Å². The fourth-order valence-corrected chi connectivity index (χ4v) is 14.6. The number of aliphatic hydroxyl groups is 18. The predicted octanol–water partition coefficient (Wildman–Crippen LogP) is -9.81. The number of fused-ring (bicyclic) bond motifs is 1. The number of aliphatic hydroxyl groups excluding tert-OH is 18. The summed E-state index contributed by atoms with van der Waals surface area (Å²) in [6.45, 7) is -2.90. The van der Waals surface area contributed by atoms with Crippen LogP contribution in [0.15, 0.2) is 24.3 Å². The van der Waals surface area contributed by atoms with E-state index in [2.05, 4.69) is 4.74 Å². The number of ether oxygens (including phenoxy) is 13. The van der Waals surface area contributed by atoms with Crippen LogP contribution in [0.1, 0.15) is 83.5 Å². The SMILES string of the molecule is O=C(C=CC1CCC(O)C(O)C1)OC[C@@H]1O[C@H](OC2CC(O)C3CC(O[C@H]4O[C@@H](COC(=O)CC(=O)O[C@H](C(=O)O)[C@@H](O)C(=O)O)[C@H](O)[C@@H](O)[C@@H]4O[C@H]4O[C@@H](CO)[C@H](O)[C@@H](O)[C@@H]4OC(=O)C=CC4CCC(O)C(O)C4)C(C4CCC(O)C(O[C@H]5O[C@@H](C(=O)O)[C@H](O)[C@@H](O)[C@@H]5O)C4)OC3C2)[C@@H](O)[C@H](O)[C@H]1O. The minimum atomic E-state index is -2.81. The molecule has 4 aliphatic carbocycles. The first-order valence-electron chi connectivity index (χ1n) is 34.5. The fraction of sp³-hybridized carbons (Fsp3) is 0.828. The first-order valence-corrected chi connectivity index (χ1v) is 34.5. The van der Waals surface area contributed by atoms with Gasteiger partial charge in [-0.1, -0.05) is 12.2 Å². The second kappa shape index (κ2) is 36.9. The normalized spacial score (nSPS) is 44.6. The first-order chi connectivity index (χ1) is 49.6. The largest absolute Gasteiger partial charge is 0.479 e. The van der Waals surface area contributed by atoms with E-state index in [-0.39, 0.29) is 70.1 Å². The third-order valence-electron chi connectivity index (χ3n) is 20.7. The van der Waals surface area contributed by atoms with Crippen LogP contribution in [0, 0.1) is 23.7 Å². The molecule has 0 spiro atoms. The molecule has 21 N–H and O–H groups in total. The van der Waals surface area contributed by atoms with Crippen molar-refractivity contribution in [2.45, 2.75) is 286 Å². The lowest BCUT2D eigenvalue weighted by Crippen LogP contribution is -2.66. The van der Waals surface area contributed by atoms with Crippen LogP contribution in [0.4, 0.5) is 0 Å². The van der Waals surface area contributed by atoms with Crippen LogP contribution >= 0.6 is 0 Å². The van der Waals surface area contributed by atoms with Crippen LogP contribution in [-0.2, 0) is 95.1 Å². The number of esters is 4. The van der Waals surface area contributed by atoms with Gasteiger partial charge in [0, 0.05) is 30.9 Å². The number of allylic oxidation sites excluding steroid dienone is 2. The smallest absolute Gasteiger partial charge is 0.348 e. The maximum atomic E-state index is 13.6. The molecule has 0 aromatic rings. The van der Waals surface area contributed by atoms with Gasteiger partial charge in [-0.2, -0.15) is 0 Å². The fourth-order valence-electron chi connectivity index (χ4n) is 14.6. The minimum Gasteiger partial charge on any atom is -0.479 e. The highest BCUT2D eigenvalue weighted by molar-refractivity contribution is 5.93. The number of hydrogen-bond donors (Lipinski definition) is 21. The van der Waals surface area contributed by atoms with Gasteiger partial charge in [0.2, 0.25) is 6.10 Å². The summed E-state index contributed by atoms with van der Waals surface area (Å²) in [6.07, 6.45) is -57.0. The Labute approximate surface area is 596 Å². The third kappa shape index (κ3) is 20.6. The molecule has 4 saturated carbocycles. The number of carbonyl (C=O) groups is 7. The maximum absolute atomic E-state index is 13.6. The molecule has 0 amide bonds. The van der Waals surface area contributed by atoms with E-state index in [0.29, 0.717) is 12.8 Å². The Hall–Kier alpha value is -5.31. The van der Waals surface area contributed by atoms with Crippen molar-refractivity contribution in [3.8, 4) is 0 Å². The van der Waals surface area contributed by atoms with Gasteiger partial charge in [0.1, 0.15) is 105 Å². The van der Waals surface area contributed by atoms with Crippen LogP contribution in [-0.4, -0.2) is 371 Å². The van der Waals surface area contributed by atoms with Gasteiger partial charge < -0.3 is 169 Å². The van der Waals surface area contributed by atoms with Crippen LogP contribution in [0.25, 0.3) is 0 Å². The van der Waals surface area contributed by atoms with Crippen LogP contribution < -0.4 is 0 Å². The molecule has 105 heavy (non-hydrogen) atoms. The number of carboxylic acids is 3. The van der Waals surface area contributed by atoms with E-state index in [1.54, 1.807) is 0 Å². The molecule has 5 aliphatic heterocycles. The summed E-state index contributed by atoms with van der Waals surface area (Å²) in [5.41, 5.74) is 0. The Morgan fingerprint density at radius 1 is 0.438 bits per heavy atom. The Balaban J connectivity index is 1.00. The van der Waals surface area contributed by atoms with Crippen LogP contribution in [0.2, 0.25) is 0 Å². The zero-order chi connectivity index (χ0) is 76.7. The van der Waals surface area contributed by atoms with Crippen molar-refractivity contribution in [2.75, 3.05) is 19.8 Å². The average molecular weight is 1520 g/mol. The Morgan fingerprint density at radius 2 is 0.971 bits per heavy atom. The number of hydrogen-bond acceptors (Lipinski definition) is 38. The van der Waals surface area contributed by atoms with Crippen molar-refractivity contribution in [2.24, 2.45) is 23.7 Å². The van der Waals surface area contributed by atoms with Gasteiger partial charge in [-0.3, -0.25) is 9.59 Å². The van der Waals surface area contributed by atoms with Gasteiger partial charge in [0.15, 0.2) is 43.5 Å². The van der Waals surface area contributed by atoms with Crippen molar-refractivity contribution in [3.05, 3.63) is 24.3 Å². The van der Waals surface area contributed by atoms with E-state index in [1.807, 2.05) is 0 Å². The highest BCUT2D eigenvalue weighted by Gasteiger charge is 2.58. The van der Waals surface area contributed by atoms with Crippen molar-refractivity contribution in [1.82, 2.24) is 0 Å². The molecule has 15 unspecified atom stereocenters. The van der Waals surface area contributed by atoms with E-state index in [9.17, 15) is 136 Å². The highest BCUT2D eigenvalue weighted by Crippen LogP contribution is 2.46. The van der Waals surface area contributed by atoms with Gasteiger partial charge in [0.05, 0.1) is 73.8 Å². The summed E-state index contributed by atoms with van der Waals surface area (Å²) in [6, 6.07) is 0. The Morgan fingerprint density at radius 3 is 1.57 bits per heavy atom. The second-order valence-electron chi connectivity index (χ2n) is 28.0. The van der Waals surface area contributed by atoms with Crippen LogP contribution in [0.3, 0.4) is 0 Å². The summed E-state index contributed by atoms with van der Waals surface area (Å²) in [7, 11) is 0. The summed E-state index contributed by atoms with van der Waals surface area (Å²) >= 11 is 0. The molecular formula is C64H94O41. The van der Waals surface area contributed by atoms with Crippen molar-refractivity contribution in [3.63, 3.8) is 0 Å². The maximum Gasteiger partial charge on any atom is 0.348 e. The van der Waals surface area contributed by atoms with Gasteiger partial charge >= 0.3 is 41.8 Å². The minimum absolute atomic E-state index is 0.0294. The number of aliphatic carboxylic acids is 3.